The van der Waals surface area contributed by atoms with E-state index in [1.807, 2.05) is 24.7 Å². The molecule has 1 atom stereocenters. The maximum absolute atomic E-state index is 13.2. The van der Waals surface area contributed by atoms with E-state index in [2.05, 4.69) is 28.7 Å². The molecule has 2 aromatic rings. The van der Waals surface area contributed by atoms with Gasteiger partial charge in [-0.15, -0.1) is 0 Å². The van der Waals surface area contributed by atoms with Crippen LogP contribution in [-0.4, -0.2) is 44.1 Å². The molecule has 2 aliphatic rings. The van der Waals surface area contributed by atoms with Gasteiger partial charge in [-0.25, -0.2) is 9.97 Å². The molecule has 1 amide bonds. The van der Waals surface area contributed by atoms with Crippen molar-refractivity contribution in [1.82, 2.24) is 19.5 Å². The summed E-state index contributed by atoms with van der Waals surface area (Å²) in [5.41, 5.74) is 1.13. The van der Waals surface area contributed by atoms with Crippen LogP contribution in [0.3, 0.4) is 0 Å². The lowest BCUT2D eigenvalue weighted by Crippen LogP contribution is -2.63. The molecule has 1 aliphatic heterocycles. The molecular weight excluding hydrogens is 328 g/mol. The van der Waals surface area contributed by atoms with Crippen LogP contribution in [0.5, 0.6) is 0 Å². The van der Waals surface area contributed by atoms with Crippen LogP contribution in [0.15, 0.2) is 18.7 Å². The molecule has 4 rings (SSSR count). The summed E-state index contributed by atoms with van der Waals surface area (Å²) in [7, 11) is 1.82. The maximum Gasteiger partial charge on any atom is 0.252 e. The van der Waals surface area contributed by atoms with E-state index in [9.17, 15) is 4.79 Å². The molecule has 138 valence electrons. The molecule has 0 spiro atoms. The van der Waals surface area contributed by atoms with Crippen molar-refractivity contribution in [2.75, 3.05) is 16.8 Å². The van der Waals surface area contributed by atoms with E-state index in [0.29, 0.717) is 12.0 Å². The maximum atomic E-state index is 13.2. The van der Waals surface area contributed by atoms with Crippen LogP contribution in [0.2, 0.25) is 0 Å². The van der Waals surface area contributed by atoms with Crippen LogP contribution < -0.4 is 9.80 Å². The molecule has 1 aliphatic carbocycles. The highest BCUT2D eigenvalue weighted by Crippen LogP contribution is 2.44. The molecule has 2 aromatic heterocycles. The number of aromatic nitrogens is 4. The molecule has 0 saturated heterocycles. The zero-order chi connectivity index (χ0) is 18.5. The van der Waals surface area contributed by atoms with Crippen LogP contribution in [-0.2, 0) is 4.79 Å². The molecule has 0 aromatic carbocycles. The van der Waals surface area contributed by atoms with E-state index in [4.69, 9.17) is 4.98 Å². The number of carbonyl (C=O) groups excluding carboxylic acids is 1. The van der Waals surface area contributed by atoms with Gasteiger partial charge in [0.25, 0.3) is 5.91 Å². The lowest BCUT2D eigenvalue weighted by Gasteiger charge is -2.50. The third kappa shape index (κ3) is 2.40. The number of aryl methyl sites for hydroxylation is 1. The van der Waals surface area contributed by atoms with E-state index < -0.39 is 5.54 Å². The zero-order valence-corrected chi connectivity index (χ0v) is 15.9. The third-order valence-electron chi connectivity index (χ3n) is 5.94. The Hall–Kier alpha value is -2.44. The summed E-state index contributed by atoms with van der Waals surface area (Å²) in [5.74, 6) is 1.57. The Bertz CT molecular complexity index is 840. The molecular formula is C19H26N6O. The van der Waals surface area contributed by atoms with Gasteiger partial charge in [-0.3, -0.25) is 9.36 Å². The van der Waals surface area contributed by atoms with Crippen molar-refractivity contribution >= 4 is 17.4 Å². The molecule has 26 heavy (non-hydrogen) atoms. The number of anilines is 2. The Morgan fingerprint density at radius 2 is 2.00 bits per heavy atom. The summed E-state index contributed by atoms with van der Waals surface area (Å²) in [5, 5.41) is 0. The number of rotatable bonds is 3. The van der Waals surface area contributed by atoms with Gasteiger partial charge >= 0.3 is 0 Å². The number of hydrogen-bond donors (Lipinski definition) is 0. The Morgan fingerprint density at radius 3 is 2.62 bits per heavy atom. The average molecular weight is 354 g/mol. The lowest BCUT2D eigenvalue weighted by atomic mass is 9.89. The number of fused-ring (bicyclic) bond motifs is 1. The number of amides is 1. The summed E-state index contributed by atoms with van der Waals surface area (Å²) in [6, 6.07) is 0.351. The fourth-order valence-electron chi connectivity index (χ4n) is 4.29. The fraction of sp³-hybridized carbons (Fsp3) is 0.579. The Balaban J connectivity index is 1.88. The average Bonchev–Trinajstić information content (AvgIpc) is 3.31. The zero-order valence-electron chi connectivity index (χ0n) is 15.9. The SMILES string of the molecule is CC[C@]1(C)C(=O)N(C)c2cnc(-n3cnc(C)c3)nc2N1C1CCCC1. The number of likely N-dealkylation sites (N-methyl/N-ethyl adjacent to an activating group) is 1. The van der Waals surface area contributed by atoms with Crippen molar-refractivity contribution in [1.29, 1.82) is 0 Å². The van der Waals surface area contributed by atoms with Crippen molar-refractivity contribution in [3.63, 3.8) is 0 Å². The molecule has 3 heterocycles. The Labute approximate surface area is 154 Å². The first-order valence-electron chi connectivity index (χ1n) is 9.41. The largest absolute Gasteiger partial charge is 0.337 e. The Kier molecular flexibility index (Phi) is 3.97. The highest BCUT2D eigenvalue weighted by Gasteiger charge is 2.49. The monoisotopic (exact) mass is 354 g/mol. The van der Waals surface area contributed by atoms with Gasteiger partial charge in [0, 0.05) is 19.3 Å². The minimum Gasteiger partial charge on any atom is -0.337 e. The second-order valence-electron chi connectivity index (χ2n) is 7.60. The van der Waals surface area contributed by atoms with Crippen molar-refractivity contribution < 1.29 is 4.79 Å². The van der Waals surface area contributed by atoms with Gasteiger partial charge in [0.1, 0.15) is 17.6 Å². The Morgan fingerprint density at radius 1 is 1.27 bits per heavy atom. The van der Waals surface area contributed by atoms with Crippen LogP contribution in [0.25, 0.3) is 5.95 Å². The number of nitrogens with zero attached hydrogens (tertiary/aromatic N) is 6. The van der Waals surface area contributed by atoms with Crippen molar-refractivity contribution in [3.8, 4) is 5.95 Å². The van der Waals surface area contributed by atoms with Crippen molar-refractivity contribution in [3.05, 3.63) is 24.4 Å². The predicted molar refractivity (Wildman–Crippen MR) is 101 cm³/mol. The second kappa shape index (κ2) is 6.07. The quantitative estimate of drug-likeness (QED) is 0.848. The van der Waals surface area contributed by atoms with Crippen LogP contribution in [0.4, 0.5) is 11.5 Å². The van der Waals surface area contributed by atoms with Gasteiger partial charge in [0.2, 0.25) is 5.95 Å². The molecule has 7 nitrogen and oxygen atoms in total. The van der Waals surface area contributed by atoms with E-state index >= 15 is 0 Å². The normalized spacial score (nSPS) is 23.6. The summed E-state index contributed by atoms with van der Waals surface area (Å²) < 4.78 is 1.84. The van der Waals surface area contributed by atoms with Gasteiger partial charge < -0.3 is 9.80 Å². The molecule has 0 bridgehead atoms. The second-order valence-corrected chi connectivity index (χ2v) is 7.60. The van der Waals surface area contributed by atoms with E-state index in [-0.39, 0.29) is 5.91 Å². The first-order valence-corrected chi connectivity index (χ1v) is 9.41. The number of hydrogen-bond acceptors (Lipinski definition) is 5. The van der Waals surface area contributed by atoms with Crippen LogP contribution in [0, 0.1) is 6.92 Å². The summed E-state index contributed by atoms with van der Waals surface area (Å²) in [6.45, 7) is 6.08. The van der Waals surface area contributed by atoms with Crippen LogP contribution in [0.1, 0.15) is 51.6 Å². The molecule has 1 saturated carbocycles. The third-order valence-corrected chi connectivity index (χ3v) is 5.94. The van der Waals surface area contributed by atoms with Crippen molar-refractivity contribution in [2.24, 2.45) is 0 Å². The lowest BCUT2D eigenvalue weighted by molar-refractivity contribution is -0.123. The van der Waals surface area contributed by atoms with Crippen molar-refractivity contribution in [2.45, 2.75) is 64.5 Å². The number of imidazole rings is 1. The van der Waals surface area contributed by atoms with Gasteiger partial charge in [0.15, 0.2) is 5.82 Å². The van der Waals surface area contributed by atoms with Gasteiger partial charge in [0.05, 0.1) is 11.9 Å². The summed E-state index contributed by atoms with van der Waals surface area (Å²) in [6.07, 6.45) is 10.8. The predicted octanol–water partition coefficient (Wildman–Crippen LogP) is 2.86. The van der Waals surface area contributed by atoms with Gasteiger partial charge in [-0.1, -0.05) is 19.8 Å². The molecule has 1 fully saturated rings. The minimum absolute atomic E-state index is 0.120. The van der Waals surface area contributed by atoms with Crippen LogP contribution >= 0.6 is 0 Å². The summed E-state index contributed by atoms with van der Waals surface area (Å²) >= 11 is 0. The molecule has 0 N–H and O–H groups in total. The van der Waals surface area contributed by atoms with E-state index in [1.54, 1.807) is 17.4 Å². The van der Waals surface area contributed by atoms with Gasteiger partial charge in [-0.2, -0.15) is 4.98 Å². The topological polar surface area (TPSA) is 67.2 Å². The first kappa shape index (κ1) is 17.0. The molecule has 0 unspecified atom stereocenters. The first-order chi connectivity index (χ1) is 12.5. The molecule has 7 heteroatoms. The highest BCUT2D eigenvalue weighted by atomic mass is 16.2. The fourth-order valence-corrected chi connectivity index (χ4v) is 4.29. The standard InChI is InChI=1S/C19H26N6O/c1-5-19(3)17(26)23(4)15-10-20-18(24-11-13(2)21-12-24)22-16(15)25(19)14-8-6-7-9-14/h10-12,14H,5-9H2,1-4H3/t19-/m1/s1. The van der Waals surface area contributed by atoms with Gasteiger partial charge in [-0.05, 0) is 33.1 Å². The minimum atomic E-state index is -0.576. The van der Waals surface area contributed by atoms with E-state index in [1.165, 1.54) is 12.8 Å². The number of carbonyl (C=O) groups is 1. The summed E-state index contributed by atoms with van der Waals surface area (Å²) in [4.78, 5) is 30.8. The van der Waals surface area contributed by atoms with E-state index in [0.717, 1.165) is 36.5 Å². The molecule has 0 radical (unpaired) electrons. The smallest absolute Gasteiger partial charge is 0.252 e. The highest BCUT2D eigenvalue weighted by molar-refractivity contribution is 6.07.